The molecule has 2 rings (SSSR count). The average molecular weight is 552 g/mol. The number of carbonyl (C=O) groups is 2. The van der Waals surface area contributed by atoms with Gasteiger partial charge in [-0.2, -0.15) is 0 Å². The van der Waals surface area contributed by atoms with E-state index in [-0.39, 0.29) is 15.7 Å². The number of carbonyl (C=O) groups excluding carboxylic acids is 2. The number of hydrogen-bond donors (Lipinski definition) is 1. The third-order valence-corrected chi connectivity index (χ3v) is 5.80. The van der Waals surface area contributed by atoms with Gasteiger partial charge in [0.2, 0.25) is 11.8 Å². The fourth-order valence-electron chi connectivity index (χ4n) is 3.01. The van der Waals surface area contributed by atoms with Gasteiger partial charge >= 0.3 is 0 Å². The van der Waals surface area contributed by atoms with Crippen molar-refractivity contribution in [1.82, 2.24) is 10.2 Å². The van der Waals surface area contributed by atoms with Gasteiger partial charge in [-0.3, -0.25) is 9.59 Å². The number of nitrogens with one attached hydrogen (secondary N) is 1. The van der Waals surface area contributed by atoms with Crippen LogP contribution in [0.4, 0.5) is 0 Å². The Labute approximate surface area is 170 Å². The summed E-state index contributed by atoms with van der Waals surface area (Å²) in [4.78, 5) is 27.1. The lowest BCUT2D eigenvalue weighted by Gasteiger charge is -2.30. The van der Waals surface area contributed by atoms with Crippen molar-refractivity contribution in [2.24, 2.45) is 5.92 Å². The number of nitrogens with zero attached hydrogens (tertiary/aromatic N) is 1. The van der Waals surface area contributed by atoms with E-state index in [0.29, 0.717) is 18.9 Å². The number of halogens is 2. The summed E-state index contributed by atoms with van der Waals surface area (Å²) in [6.45, 7) is 0.620. The molecular formula is C18H22I2N2O2. The SMILES string of the molecule is CNC(=O)[C@H](Cc1ccccc1)N1CC[C@H](/C=C\I)C[C@H](I)C1=O. The second kappa shape index (κ2) is 9.74. The molecule has 0 aromatic heterocycles. The number of hydrogen-bond acceptors (Lipinski definition) is 2. The van der Waals surface area contributed by atoms with Gasteiger partial charge in [0.25, 0.3) is 0 Å². The summed E-state index contributed by atoms with van der Waals surface area (Å²) >= 11 is 4.44. The van der Waals surface area contributed by atoms with E-state index in [9.17, 15) is 9.59 Å². The number of rotatable bonds is 5. The van der Waals surface area contributed by atoms with E-state index in [2.05, 4.69) is 56.6 Å². The predicted octanol–water partition coefficient (Wildman–Crippen LogP) is 3.33. The number of alkyl halides is 1. The Morgan fingerprint density at radius 2 is 2.12 bits per heavy atom. The standard InChI is InChI=1S/C18H22I2N2O2/c1-21-17(23)16(12-13-5-3-2-4-6-13)22-10-8-14(7-9-19)11-15(20)18(22)24/h2-7,9,14-16H,8,10-12H2,1H3,(H,21,23)/b9-7-/t14-,15-,16-/m0/s1. The highest BCUT2D eigenvalue weighted by Crippen LogP contribution is 2.27. The van der Waals surface area contributed by atoms with Gasteiger partial charge in [0.15, 0.2) is 0 Å². The normalized spacial score (nSPS) is 23.1. The summed E-state index contributed by atoms with van der Waals surface area (Å²) < 4.78 is 1.93. The molecule has 2 amide bonds. The Bertz CT molecular complexity index is 592. The molecule has 0 bridgehead atoms. The van der Waals surface area contributed by atoms with Crippen LogP contribution < -0.4 is 5.32 Å². The molecule has 1 aliphatic rings. The molecule has 1 fully saturated rings. The minimum absolute atomic E-state index is 0.0736. The van der Waals surface area contributed by atoms with Gasteiger partial charge in [-0.25, -0.2) is 0 Å². The molecule has 0 unspecified atom stereocenters. The first kappa shape index (κ1) is 19.7. The summed E-state index contributed by atoms with van der Waals surface area (Å²) in [6.07, 6.45) is 4.44. The first-order chi connectivity index (χ1) is 11.6. The van der Waals surface area contributed by atoms with Crippen LogP contribution in [0.5, 0.6) is 0 Å². The first-order valence-corrected chi connectivity index (χ1v) is 10.5. The molecule has 130 valence electrons. The zero-order valence-electron chi connectivity index (χ0n) is 13.6. The van der Waals surface area contributed by atoms with Gasteiger partial charge in [-0.15, -0.1) is 0 Å². The highest BCUT2D eigenvalue weighted by atomic mass is 127. The molecule has 0 radical (unpaired) electrons. The zero-order chi connectivity index (χ0) is 17.5. The van der Waals surface area contributed by atoms with E-state index in [0.717, 1.165) is 18.4 Å². The molecule has 0 spiro atoms. The largest absolute Gasteiger partial charge is 0.357 e. The lowest BCUT2D eigenvalue weighted by Crippen LogP contribution is -2.51. The summed E-state index contributed by atoms with van der Waals surface area (Å²) in [5, 5.41) is 2.72. The van der Waals surface area contributed by atoms with Crippen LogP contribution in [0.1, 0.15) is 18.4 Å². The van der Waals surface area contributed by atoms with E-state index >= 15 is 0 Å². The molecule has 1 aromatic carbocycles. The number of benzene rings is 1. The summed E-state index contributed by atoms with van der Waals surface area (Å²) in [6, 6.07) is 9.43. The monoisotopic (exact) mass is 552 g/mol. The van der Waals surface area contributed by atoms with Crippen LogP contribution in [-0.4, -0.2) is 40.3 Å². The van der Waals surface area contributed by atoms with E-state index in [4.69, 9.17) is 0 Å². The van der Waals surface area contributed by atoms with Crippen molar-refractivity contribution in [3.8, 4) is 0 Å². The van der Waals surface area contributed by atoms with Crippen LogP contribution in [0.2, 0.25) is 0 Å². The zero-order valence-corrected chi connectivity index (χ0v) is 17.9. The van der Waals surface area contributed by atoms with E-state index < -0.39 is 6.04 Å². The molecule has 1 N–H and O–H groups in total. The number of likely N-dealkylation sites (tertiary alicyclic amines) is 1. The molecule has 1 saturated heterocycles. The quantitative estimate of drug-likeness (QED) is 0.451. The minimum atomic E-state index is -0.454. The van der Waals surface area contributed by atoms with Gasteiger partial charge in [-0.05, 0) is 28.4 Å². The second-order valence-corrected chi connectivity index (χ2v) is 8.14. The molecule has 1 heterocycles. The minimum Gasteiger partial charge on any atom is -0.357 e. The Kier molecular flexibility index (Phi) is 7.99. The summed E-state index contributed by atoms with van der Waals surface area (Å²) in [5.74, 6) is 0.364. The van der Waals surface area contributed by atoms with Crippen LogP contribution in [0, 0.1) is 5.92 Å². The Morgan fingerprint density at radius 3 is 2.75 bits per heavy atom. The van der Waals surface area contributed by atoms with Gasteiger partial charge in [-0.1, -0.05) is 81.6 Å². The average Bonchev–Trinajstić information content (AvgIpc) is 2.73. The van der Waals surface area contributed by atoms with Crippen molar-refractivity contribution in [3.63, 3.8) is 0 Å². The van der Waals surface area contributed by atoms with Gasteiger partial charge in [0.1, 0.15) is 6.04 Å². The van der Waals surface area contributed by atoms with E-state index in [1.165, 1.54) is 0 Å². The molecule has 0 saturated carbocycles. The topological polar surface area (TPSA) is 49.4 Å². The third-order valence-electron chi connectivity index (χ3n) is 4.34. The lowest BCUT2D eigenvalue weighted by molar-refractivity contribution is -0.139. The maximum absolute atomic E-state index is 12.9. The maximum atomic E-state index is 12.9. The Hall–Kier alpha value is -0.640. The smallest absolute Gasteiger partial charge is 0.242 e. The molecule has 6 heteroatoms. The summed E-state index contributed by atoms with van der Waals surface area (Å²) in [7, 11) is 1.63. The predicted molar refractivity (Wildman–Crippen MR) is 113 cm³/mol. The fourth-order valence-corrected chi connectivity index (χ4v) is 4.61. The van der Waals surface area contributed by atoms with Crippen LogP contribution in [0.25, 0.3) is 0 Å². The van der Waals surface area contributed by atoms with Crippen molar-refractivity contribution in [2.45, 2.75) is 29.2 Å². The van der Waals surface area contributed by atoms with Crippen molar-refractivity contribution < 1.29 is 9.59 Å². The van der Waals surface area contributed by atoms with Crippen molar-refractivity contribution in [3.05, 3.63) is 46.1 Å². The molecule has 3 atom stereocenters. The Morgan fingerprint density at radius 1 is 1.42 bits per heavy atom. The van der Waals surface area contributed by atoms with Crippen molar-refractivity contribution in [2.75, 3.05) is 13.6 Å². The highest BCUT2D eigenvalue weighted by Gasteiger charge is 2.35. The molecule has 1 aliphatic heterocycles. The van der Waals surface area contributed by atoms with Gasteiger partial charge in [0, 0.05) is 20.0 Å². The van der Waals surface area contributed by atoms with Crippen LogP contribution >= 0.6 is 45.2 Å². The third kappa shape index (κ3) is 5.18. The van der Waals surface area contributed by atoms with E-state index in [1.807, 2.05) is 34.4 Å². The molecular weight excluding hydrogens is 530 g/mol. The van der Waals surface area contributed by atoms with Crippen LogP contribution in [-0.2, 0) is 16.0 Å². The fraction of sp³-hybridized carbons (Fsp3) is 0.444. The number of likely N-dealkylation sites (N-methyl/N-ethyl adjacent to an activating group) is 1. The van der Waals surface area contributed by atoms with Crippen LogP contribution in [0.15, 0.2) is 40.5 Å². The van der Waals surface area contributed by atoms with Crippen molar-refractivity contribution >= 4 is 57.0 Å². The molecule has 4 nitrogen and oxygen atoms in total. The number of allylic oxidation sites excluding steroid dienone is 1. The molecule has 24 heavy (non-hydrogen) atoms. The lowest BCUT2D eigenvalue weighted by atomic mass is 10.0. The van der Waals surface area contributed by atoms with Gasteiger partial charge in [0.05, 0.1) is 3.92 Å². The van der Waals surface area contributed by atoms with Crippen LogP contribution in [0.3, 0.4) is 0 Å². The molecule has 0 aliphatic carbocycles. The summed E-state index contributed by atoms with van der Waals surface area (Å²) in [5.41, 5.74) is 1.07. The first-order valence-electron chi connectivity index (χ1n) is 8.03. The van der Waals surface area contributed by atoms with E-state index in [1.54, 1.807) is 11.9 Å². The molecule has 1 aromatic rings. The maximum Gasteiger partial charge on any atom is 0.242 e. The number of amides is 2. The highest BCUT2D eigenvalue weighted by molar-refractivity contribution is 14.1. The Balaban J connectivity index is 2.23. The second-order valence-electron chi connectivity index (χ2n) is 5.92. The van der Waals surface area contributed by atoms with Crippen molar-refractivity contribution in [1.29, 1.82) is 0 Å². The van der Waals surface area contributed by atoms with Gasteiger partial charge < -0.3 is 10.2 Å².